The fourth-order valence-corrected chi connectivity index (χ4v) is 9.86. The van der Waals surface area contributed by atoms with E-state index in [9.17, 15) is 5.11 Å². The second kappa shape index (κ2) is 10.9. The number of likely N-dealkylation sites (N-methyl/N-ethyl adjacent to an activating group) is 1. The average molecular weight is 461 g/mol. The molecule has 4 fully saturated rings. The predicted octanol–water partition coefficient (Wildman–Crippen LogP) is 6.35. The van der Waals surface area contributed by atoms with E-state index >= 15 is 0 Å². The molecule has 0 bridgehead atoms. The lowest BCUT2D eigenvalue weighted by atomic mass is 9.44. The summed E-state index contributed by atoms with van der Waals surface area (Å²) >= 11 is 0. The summed E-state index contributed by atoms with van der Waals surface area (Å²) in [6.07, 6.45) is 14.9. The van der Waals surface area contributed by atoms with E-state index in [0.29, 0.717) is 10.8 Å². The highest BCUT2D eigenvalue weighted by molar-refractivity contribution is 5.09. The van der Waals surface area contributed by atoms with Gasteiger partial charge in [0.25, 0.3) is 0 Å². The number of fused-ring (bicyclic) bond motifs is 5. The van der Waals surface area contributed by atoms with Gasteiger partial charge in [-0.15, -0.1) is 0 Å². The van der Waals surface area contributed by atoms with Gasteiger partial charge in [-0.3, -0.25) is 0 Å². The molecule has 9 atom stereocenters. The number of aliphatic hydroxyl groups is 1. The van der Waals surface area contributed by atoms with E-state index < -0.39 is 0 Å². The lowest BCUT2D eigenvalue weighted by Crippen LogP contribution is -2.54. The first-order valence-electron chi connectivity index (χ1n) is 14.9. The summed E-state index contributed by atoms with van der Waals surface area (Å²) in [5.74, 6) is 5.48. The maximum absolute atomic E-state index is 10.3. The molecule has 4 aliphatic carbocycles. The summed E-state index contributed by atoms with van der Waals surface area (Å²) in [6.45, 7) is 18.3. The van der Waals surface area contributed by atoms with Gasteiger partial charge >= 0.3 is 0 Å². The zero-order valence-electron chi connectivity index (χ0n) is 22.7. The Morgan fingerprint density at radius 3 is 2.39 bits per heavy atom. The Morgan fingerprint density at radius 1 is 0.909 bits per heavy atom. The van der Waals surface area contributed by atoms with Crippen LogP contribution in [0.25, 0.3) is 0 Å². The minimum Gasteiger partial charge on any atom is -0.393 e. The van der Waals surface area contributed by atoms with E-state index in [1.165, 1.54) is 84.0 Å². The van der Waals surface area contributed by atoms with Crippen molar-refractivity contribution in [2.75, 3.05) is 32.7 Å². The van der Waals surface area contributed by atoms with E-state index in [-0.39, 0.29) is 6.10 Å². The lowest BCUT2D eigenvalue weighted by Gasteiger charge is -2.61. The summed E-state index contributed by atoms with van der Waals surface area (Å²) in [7, 11) is 0. The molecule has 0 heterocycles. The molecule has 4 aliphatic rings. The van der Waals surface area contributed by atoms with Gasteiger partial charge in [-0.2, -0.15) is 0 Å². The largest absolute Gasteiger partial charge is 0.393 e. The normalized spacial score (nSPS) is 43.7. The van der Waals surface area contributed by atoms with Crippen molar-refractivity contribution in [2.45, 2.75) is 111 Å². The van der Waals surface area contributed by atoms with E-state index in [1.54, 1.807) is 0 Å². The van der Waals surface area contributed by atoms with Crippen molar-refractivity contribution in [3.63, 3.8) is 0 Å². The van der Waals surface area contributed by atoms with Crippen molar-refractivity contribution in [1.29, 1.82) is 0 Å². The van der Waals surface area contributed by atoms with Crippen LogP contribution in [-0.4, -0.2) is 48.8 Å². The van der Waals surface area contributed by atoms with E-state index in [0.717, 1.165) is 54.9 Å². The molecule has 0 saturated heterocycles. The summed E-state index contributed by atoms with van der Waals surface area (Å²) in [5, 5.41) is 14.0. The molecule has 4 rings (SSSR count). The summed E-state index contributed by atoms with van der Waals surface area (Å²) in [4.78, 5) is 2.51. The number of hydrogen-bond acceptors (Lipinski definition) is 3. The highest BCUT2D eigenvalue weighted by Crippen LogP contribution is 2.68. The molecule has 192 valence electrons. The Balaban J connectivity index is 1.29. The molecule has 0 radical (unpaired) electrons. The van der Waals surface area contributed by atoms with Crippen molar-refractivity contribution in [3.05, 3.63) is 0 Å². The van der Waals surface area contributed by atoms with Crippen LogP contribution < -0.4 is 5.32 Å². The number of hydrogen-bond donors (Lipinski definition) is 2. The predicted molar refractivity (Wildman–Crippen MR) is 140 cm³/mol. The Hall–Kier alpha value is -0.120. The van der Waals surface area contributed by atoms with Crippen LogP contribution in [-0.2, 0) is 0 Å². The van der Waals surface area contributed by atoms with Crippen LogP contribution in [0.15, 0.2) is 0 Å². The van der Waals surface area contributed by atoms with E-state index in [4.69, 9.17) is 0 Å². The first kappa shape index (κ1) is 26.0. The maximum atomic E-state index is 10.3. The molecule has 0 amide bonds. The van der Waals surface area contributed by atoms with Gasteiger partial charge in [-0.1, -0.05) is 34.6 Å². The molecule has 3 nitrogen and oxygen atoms in total. The van der Waals surface area contributed by atoms with Crippen molar-refractivity contribution in [3.8, 4) is 0 Å². The van der Waals surface area contributed by atoms with Crippen molar-refractivity contribution in [2.24, 2.45) is 46.3 Å². The summed E-state index contributed by atoms with van der Waals surface area (Å²) < 4.78 is 0. The third-order valence-electron chi connectivity index (χ3n) is 11.9. The minimum absolute atomic E-state index is 0.0168. The van der Waals surface area contributed by atoms with Crippen molar-refractivity contribution in [1.82, 2.24) is 10.2 Å². The molecule has 0 aromatic carbocycles. The van der Waals surface area contributed by atoms with Crippen LogP contribution in [0.3, 0.4) is 0 Å². The molecule has 33 heavy (non-hydrogen) atoms. The zero-order chi connectivity index (χ0) is 23.6. The summed E-state index contributed by atoms with van der Waals surface area (Å²) in [6, 6.07) is 0. The number of aliphatic hydroxyl groups excluding tert-OH is 1. The van der Waals surface area contributed by atoms with Gasteiger partial charge in [0.1, 0.15) is 0 Å². The molecule has 0 aliphatic heterocycles. The van der Waals surface area contributed by atoms with Crippen LogP contribution in [0.4, 0.5) is 0 Å². The maximum Gasteiger partial charge on any atom is 0.0543 e. The lowest BCUT2D eigenvalue weighted by molar-refractivity contribution is -0.129. The molecular weight excluding hydrogens is 404 g/mol. The van der Waals surface area contributed by atoms with Crippen LogP contribution >= 0.6 is 0 Å². The Kier molecular flexibility index (Phi) is 8.55. The highest BCUT2D eigenvalue weighted by Gasteiger charge is 2.60. The first-order chi connectivity index (χ1) is 15.8. The van der Waals surface area contributed by atoms with E-state index in [2.05, 4.69) is 44.8 Å². The second-order valence-corrected chi connectivity index (χ2v) is 13.2. The van der Waals surface area contributed by atoms with Crippen LogP contribution in [0.1, 0.15) is 105 Å². The fraction of sp³-hybridized carbons (Fsp3) is 1.00. The highest BCUT2D eigenvalue weighted by atomic mass is 16.3. The number of nitrogens with one attached hydrogen (secondary N) is 1. The molecule has 0 aromatic rings. The molecule has 0 unspecified atom stereocenters. The quantitative estimate of drug-likeness (QED) is 0.373. The Labute approximate surface area is 205 Å². The van der Waals surface area contributed by atoms with Crippen LogP contribution in [0.5, 0.6) is 0 Å². The Morgan fingerprint density at radius 2 is 1.64 bits per heavy atom. The monoisotopic (exact) mass is 460 g/mol. The first-order valence-corrected chi connectivity index (χ1v) is 14.9. The van der Waals surface area contributed by atoms with Gasteiger partial charge in [0.15, 0.2) is 0 Å². The summed E-state index contributed by atoms with van der Waals surface area (Å²) in [5.41, 5.74) is 1.11. The molecule has 0 aromatic heterocycles. The third kappa shape index (κ3) is 5.08. The molecule has 2 N–H and O–H groups in total. The SMILES string of the molecule is CCN(CC)CCNCCC[C@@H](C)[C@H]1CC[C@H]2[C@@H]3CC[C@@H]4C[C@H](O)CC[C@]4(C)[C@H]3CC[C@]12C. The number of nitrogens with zero attached hydrogens (tertiary/aromatic N) is 1. The van der Waals surface area contributed by atoms with Gasteiger partial charge in [-0.25, -0.2) is 0 Å². The van der Waals surface area contributed by atoms with Gasteiger partial charge in [0, 0.05) is 13.1 Å². The molecular formula is C30H56N2O. The number of rotatable bonds is 10. The standard InChI is InChI=1S/C30H56N2O/c1-6-32(7-2)20-19-31-18-8-9-22(3)26-12-13-27-25-11-10-23-21-24(33)14-16-29(23,4)28(25)15-17-30(26,27)5/h22-28,31,33H,6-21H2,1-5H3/t22-,23-,24-,25+,26-,27+,28+,29+,30-/m1/s1. The van der Waals surface area contributed by atoms with Gasteiger partial charge < -0.3 is 15.3 Å². The average Bonchev–Trinajstić information content (AvgIpc) is 3.16. The van der Waals surface area contributed by atoms with E-state index in [1.807, 2.05) is 0 Å². The van der Waals surface area contributed by atoms with Crippen molar-refractivity contribution < 1.29 is 5.11 Å². The topological polar surface area (TPSA) is 35.5 Å². The van der Waals surface area contributed by atoms with Gasteiger partial charge in [-0.05, 0) is 137 Å². The van der Waals surface area contributed by atoms with Crippen LogP contribution in [0.2, 0.25) is 0 Å². The molecule has 0 spiro atoms. The minimum atomic E-state index is -0.0168. The van der Waals surface area contributed by atoms with Crippen molar-refractivity contribution >= 4 is 0 Å². The zero-order valence-corrected chi connectivity index (χ0v) is 22.7. The van der Waals surface area contributed by atoms with Gasteiger partial charge in [0.2, 0.25) is 0 Å². The fourth-order valence-electron chi connectivity index (χ4n) is 9.86. The second-order valence-electron chi connectivity index (χ2n) is 13.2. The Bertz CT molecular complexity index is 620. The smallest absolute Gasteiger partial charge is 0.0543 e. The van der Waals surface area contributed by atoms with Crippen LogP contribution in [0, 0.1) is 46.3 Å². The molecule has 3 heteroatoms. The third-order valence-corrected chi connectivity index (χ3v) is 11.9. The molecule has 4 saturated carbocycles. The van der Waals surface area contributed by atoms with Gasteiger partial charge in [0.05, 0.1) is 6.10 Å².